The molecule has 0 amide bonds. The molecule has 1 heterocycles. The maximum absolute atomic E-state index is 10.8. The fraction of sp³-hybridized carbons (Fsp3) is 0.235. The zero-order chi connectivity index (χ0) is 13.2. The lowest BCUT2D eigenvalue weighted by molar-refractivity contribution is 0.112. The second-order valence-electron chi connectivity index (χ2n) is 4.94. The Morgan fingerprint density at radius 2 is 2.05 bits per heavy atom. The monoisotopic (exact) mass is 252 g/mol. The van der Waals surface area contributed by atoms with Crippen LogP contribution in [-0.2, 0) is 6.42 Å². The number of aryl methyl sites for hydroxylation is 2. The Balaban J connectivity index is 2.14. The second kappa shape index (κ2) is 4.88. The van der Waals surface area contributed by atoms with Crippen LogP contribution in [0.5, 0.6) is 5.75 Å². The van der Waals surface area contributed by atoms with E-state index in [-0.39, 0.29) is 0 Å². The molecule has 2 nitrogen and oxygen atoms in total. The first-order valence-corrected chi connectivity index (χ1v) is 6.60. The first-order chi connectivity index (χ1) is 9.29. The Morgan fingerprint density at radius 3 is 2.84 bits per heavy atom. The van der Waals surface area contributed by atoms with Crippen molar-refractivity contribution in [2.45, 2.75) is 19.8 Å². The van der Waals surface area contributed by atoms with Gasteiger partial charge in [-0.15, -0.1) is 0 Å². The zero-order valence-electron chi connectivity index (χ0n) is 11.0. The lowest BCUT2D eigenvalue weighted by Gasteiger charge is -2.21. The molecule has 0 radical (unpaired) electrons. The molecule has 2 aromatic rings. The van der Waals surface area contributed by atoms with E-state index in [9.17, 15) is 4.79 Å². The molecule has 0 unspecified atom stereocenters. The molecule has 0 fully saturated rings. The third kappa shape index (κ3) is 2.14. The molecule has 0 N–H and O–H groups in total. The first-order valence-electron chi connectivity index (χ1n) is 6.60. The van der Waals surface area contributed by atoms with E-state index in [1.54, 1.807) is 0 Å². The van der Waals surface area contributed by atoms with Gasteiger partial charge in [-0.3, -0.25) is 4.79 Å². The van der Waals surface area contributed by atoms with E-state index in [1.165, 1.54) is 5.56 Å². The molecule has 0 aliphatic carbocycles. The second-order valence-corrected chi connectivity index (χ2v) is 4.94. The number of carbonyl (C=O) groups excluding carboxylic acids is 1. The Morgan fingerprint density at radius 1 is 1.16 bits per heavy atom. The van der Waals surface area contributed by atoms with Crippen molar-refractivity contribution in [3.05, 3.63) is 53.1 Å². The van der Waals surface area contributed by atoms with E-state index >= 15 is 0 Å². The van der Waals surface area contributed by atoms with Gasteiger partial charge in [-0.05, 0) is 42.5 Å². The Hall–Kier alpha value is -2.09. The number of rotatable bonds is 2. The summed E-state index contributed by atoms with van der Waals surface area (Å²) in [4.78, 5) is 10.8. The van der Waals surface area contributed by atoms with Crippen molar-refractivity contribution in [1.29, 1.82) is 0 Å². The standard InChI is InChI=1S/C17H16O2/c1-12-10-13(11-18)7-8-15(12)16-6-2-4-14-5-3-9-19-17(14)16/h2,4,6-8,10-11H,3,5,9H2,1H3. The fourth-order valence-corrected chi connectivity index (χ4v) is 2.66. The number of ether oxygens (including phenoxy) is 1. The van der Waals surface area contributed by atoms with Crippen molar-refractivity contribution in [3.8, 4) is 16.9 Å². The molecule has 0 saturated heterocycles. The van der Waals surface area contributed by atoms with Gasteiger partial charge in [0.15, 0.2) is 0 Å². The van der Waals surface area contributed by atoms with Gasteiger partial charge in [0.25, 0.3) is 0 Å². The SMILES string of the molecule is Cc1cc(C=O)ccc1-c1cccc2c1OCCC2. The topological polar surface area (TPSA) is 26.3 Å². The minimum absolute atomic E-state index is 0.715. The number of hydrogen-bond acceptors (Lipinski definition) is 2. The van der Waals surface area contributed by atoms with Crippen molar-refractivity contribution >= 4 is 6.29 Å². The lowest BCUT2D eigenvalue weighted by Crippen LogP contribution is -2.09. The minimum Gasteiger partial charge on any atom is -0.493 e. The summed E-state index contributed by atoms with van der Waals surface area (Å²) in [5.74, 6) is 1.01. The van der Waals surface area contributed by atoms with Crippen LogP contribution in [0.25, 0.3) is 11.1 Å². The van der Waals surface area contributed by atoms with Gasteiger partial charge >= 0.3 is 0 Å². The quantitative estimate of drug-likeness (QED) is 0.760. The lowest BCUT2D eigenvalue weighted by atomic mass is 9.94. The number of aldehydes is 1. The van der Waals surface area contributed by atoms with E-state index in [0.29, 0.717) is 5.56 Å². The summed E-state index contributed by atoms with van der Waals surface area (Å²) in [5.41, 5.74) is 5.37. The van der Waals surface area contributed by atoms with Crippen LogP contribution in [0, 0.1) is 6.92 Å². The molecule has 0 saturated carbocycles. The average molecular weight is 252 g/mol. The maximum atomic E-state index is 10.8. The number of carbonyl (C=O) groups is 1. The van der Waals surface area contributed by atoms with Gasteiger partial charge < -0.3 is 4.74 Å². The molecule has 96 valence electrons. The number of hydrogen-bond donors (Lipinski definition) is 0. The molecule has 2 aromatic carbocycles. The van der Waals surface area contributed by atoms with Crippen LogP contribution in [0.4, 0.5) is 0 Å². The summed E-state index contributed by atoms with van der Waals surface area (Å²) < 4.78 is 5.85. The summed E-state index contributed by atoms with van der Waals surface area (Å²) in [5, 5.41) is 0. The highest BCUT2D eigenvalue weighted by molar-refractivity contribution is 5.80. The Bertz CT molecular complexity index is 629. The van der Waals surface area contributed by atoms with E-state index in [1.807, 2.05) is 25.1 Å². The molecule has 0 spiro atoms. The summed E-state index contributed by atoms with van der Waals surface area (Å²) in [6.07, 6.45) is 3.04. The van der Waals surface area contributed by atoms with Crippen molar-refractivity contribution < 1.29 is 9.53 Å². The van der Waals surface area contributed by atoms with Gasteiger partial charge in [0.1, 0.15) is 12.0 Å². The van der Waals surface area contributed by atoms with Gasteiger partial charge in [0.2, 0.25) is 0 Å². The molecular formula is C17H16O2. The van der Waals surface area contributed by atoms with Gasteiger partial charge in [-0.2, -0.15) is 0 Å². The predicted octanol–water partition coefficient (Wildman–Crippen LogP) is 3.80. The number of benzene rings is 2. The summed E-state index contributed by atoms with van der Waals surface area (Å²) >= 11 is 0. The van der Waals surface area contributed by atoms with Crippen LogP contribution >= 0.6 is 0 Å². The Kier molecular flexibility index (Phi) is 3.08. The van der Waals surface area contributed by atoms with Crippen molar-refractivity contribution in [3.63, 3.8) is 0 Å². The number of fused-ring (bicyclic) bond motifs is 1. The molecule has 1 aliphatic heterocycles. The molecule has 1 aliphatic rings. The molecule has 19 heavy (non-hydrogen) atoms. The first kappa shape index (κ1) is 12.0. The van der Waals surface area contributed by atoms with Crippen LogP contribution in [0.1, 0.15) is 27.9 Å². The maximum Gasteiger partial charge on any atom is 0.150 e. The summed E-state index contributed by atoms with van der Waals surface area (Å²) in [7, 11) is 0. The number of para-hydroxylation sites is 1. The highest BCUT2D eigenvalue weighted by Gasteiger charge is 2.16. The van der Waals surface area contributed by atoms with Crippen molar-refractivity contribution in [2.75, 3.05) is 6.61 Å². The van der Waals surface area contributed by atoms with Crippen molar-refractivity contribution in [1.82, 2.24) is 0 Å². The molecular weight excluding hydrogens is 236 g/mol. The fourth-order valence-electron chi connectivity index (χ4n) is 2.66. The molecule has 3 rings (SSSR count). The van der Waals surface area contributed by atoms with E-state index in [2.05, 4.69) is 18.2 Å². The molecule has 0 aromatic heterocycles. The summed E-state index contributed by atoms with van der Waals surface area (Å²) in [6, 6.07) is 12.1. The molecule has 2 heteroatoms. The van der Waals surface area contributed by atoms with Crippen molar-refractivity contribution in [2.24, 2.45) is 0 Å². The summed E-state index contributed by atoms with van der Waals surface area (Å²) in [6.45, 7) is 2.82. The average Bonchev–Trinajstić information content (AvgIpc) is 2.46. The molecule has 0 bridgehead atoms. The highest BCUT2D eigenvalue weighted by Crippen LogP contribution is 2.37. The van der Waals surface area contributed by atoms with Gasteiger partial charge in [-0.25, -0.2) is 0 Å². The zero-order valence-corrected chi connectivity index (χ0v) is 11.0. The van der Waals surface area contributed by atoms with Crippen LogP contribution in [-0.4, -0.2) is 12.9 Å². The van der Waals surface area contributed by atoms with Gasteiger partial charge in [0, 0.05) is 11.1 Å². The smallest absolute Gasteiger partial charge is 0.150 e. The third-order valence-electron chi connectivity index (χ3n) is 3.61. The van der Waals surface area contributed by atoms with E-state index in [4.69, 9.17) is 4.74 Å². The largest absolute Gasteiger partial charge is 0.493 e. The normalized spacial score (nSPS) is 13.5. The van der Waals surface area contributed by atoms with Crippen LogP contribution in [0.2, 0.25) is 0 Å². The van der Waals surface area contributed by atoms with E-state index < -0.39 is 0 Å². The third-order valence-corrected chi connectivity index (χ3v) is 3.61. The Labute approximate surface area is 113 Å². The van der Waals surface area contributed by atoms with Gasteiger partial charge in [0.05, 0.1) is 6.61 Å². The van der Waals surface area contributed by atoms with Crippen LogP contribution < -0.4 is 4.74 Å². The predicted molar refractivity (Wildman–Crippen MR) is 75.8 cm³/mol. The van der Waals surface area contributed by atoms with E-state index in [0.717, 1.165) is 48.2 Å². The van der Waals surface area contributed by atoms with Crippen LogP contribution in [0.15, 0.2) is 36.4 Å². The molecule has 0 atom stereocenters. The highest BCUT2D eigenvalue weighted by atomic mass is 16.5. The van der Waals surface area contributed by atoms with Crippen LogP contribution in [0.3, 0.4) is 0 Å². The van der Waals surface area contributed by atoms with Gasteiger partial charge in [-0.1, -0.05) is 30.3 Å². The minimum atomic E-state index is 0.715.